The summed E-state index contributed by atoms with van der Waals surface area (Å²) in [7, 11) is 1.90. The highest BCUT2D eigenvalue weighted by Gasteiger charge is 2.45. The number of morpholine rings is 1. The van der Waals surface area contributed by atoms with Gasteiger partial charge in [-0.15, -0.1) is 0 Å². The number of aromatic nitrogens is 2. The lowest BCUT2D eigenvalue weighted by atomic mass is 9.77. The van der Waals surface area contributed by atoms with E-state index in [1.807, 2.05) is 48.6 Å². The summed E-state index contributed by atoms with van der Waals surface area (Å²) in [5.74, 6) is 2.27. The molecule has 8 heteroatoms. The van der Waals surface area contributed by atoms with Crippen LogP contribution in [0.4, 0.5) is 0 Å². The van der Waals surface area contributed by atoms with Gasteiger partial charge in [-0.25, -0.2) is 4.98 Å². The molecule has 1 amide bonds. The first kappa shape index (κ1) is 22.5. The molecular formula is C27H33N5O3. The van der Waals surface area contributed by atoms with Gasteiger partial charge < -0.3 is 24.3 Å². The van der Waals surface area contributed by atoms with Gasteiger partial charge in [-0.1, -0.05) is 24.3 Å². The van der Waals surface area contributed by atoms with Crippen LogP contribution in [-0.2, 0) is 16.1 Å². The predicted octanol–water partition coefficient (Wildman–Crippen LogP) is 2.69. The summed E-state index contributed by atoms with van der Waals surface area (Å²) < 4.78 is 14.3. The highest BCUT2D eigenvalue weighted by atomic mass is 16.5. The van der Waals surface area contributed by atoms with E-state index in [9.17, 15) is 4.79 Å². The smallest absolute Gasteiger partial charge is 0.239 e. The van der Waals surface area contributed by atoms with Crippen molar-refractivity contribution in [1.29, 1.82) is 0 Å². The second-order valence-corrected chi connectivity index (χ2v) is 9.87. The number of carbonyl (C=O) groups excluding carboxylic acids is 1. The molecular weight excluding hydrogens is 442 g/mol. The number of benzene rings is 2. The fraction of sp³-hybridized carbons (Fsp3) is 0.481. The lowest BCUT2D eigenvalue weighted by molar-refractivity contribution is -0.136. The molecule has 3 aliphatic heterocycles. The number of rotatable bonds is 6. The molecule has 8 nitrogen and oxygen atoms in total. The molecule has 3 unspecified atom stereocenters. The van der Waals surface area contributed by atoms with E-state index in [0.717, 1.165) is 80.5 Å². The normalized spacial score (nSPS) is 25.2. The minimum absolute atomic E-state index is 0.120. The molecule has 0 radical (unpaired) electrons. The first-order chi connectivity index (χ1) is 17.2. The van der Waals surface area contributed by atoms with Crippen molar-refractivity contribution in [3.05, 3.63) is 54.4 Å². The van der Waals surface area contributed by atoms with Gasteiger partial charge in [0.1, 0.15) is 11.3 Å². The van der Waals surface area contributed by atoms with Gasteiger partial charge in [0.25, 0.3) is 0 Å². The van der Waals surface area contributed by atoms with Crippen LogP contribution < -0.4 is 10.1 Å². The molecule has 4 heterocycles. The molecule has 0 saturated carbocycles. The molecule has 1 aromatic heterocycles. The largest absolute Gasteiger partial charge is 0.455 e. The maximum Gasteiger partial charge on any atom is 0.239 e. The molecule has 3 aliphatic rings. The topological polar surface area (TPSA) is 71.9 Å². The zero-order chi connectivity index (χ0) is 23.8. The van der Waals surface area contributed by atoms with Crippen LogP contribution in [-0.4, -0.2) is 84.3 Å². The first-order valence-electron chi connectivity index (χ1n) is 12.7. The SMILES string of the molecule is CN1CC(c2ccc3c(ncn3CCN3CCOCC3)c2Oc2ccccc2)C2CCNC2C1=O. The number of hydrogen-bond donors (Lipinski definition) is 1. The molecule has 184 valence electrons. The van der Waals surface area contributed by atoms with Crippen molar-refractivity contribution in [2.75, 3.05) is 53.0 Å². The molecule has 35 heavy (non-hydrogen) atoms. The van der Waals surface area contributed by atoms with Crippen molar-refractivity contribution in [2.24, 2.45) is 5.92 Å². The third kappa shape index (κ3) is 4.30. The minimum atomic E-state index is -0.120. The Kier molecular flexibility index (Phi) is 6.18. The number of carbonyl (C=O) groups is 1. The van der Waals surface area contributed by atoms with Crippen LogP contribution in [0.15, 0.2) is 48.8 Å². The standard InChI is InChI=1S/C27H33N5O3/c1-30-17-22(20-9-10-28-24(20)27(30)33)21-7-8-23-25(26(21)35-19-5-3-2-4-6-19)29-18-32(23)12-11-31-13-15-34-16-14-31/h2-8,18,20,22,24,28H,9-17H2,1H3. The van der Waals surface area contributed by atoms with Gasteiger partial charge in [0, 0.05) is 51.3 Å². The molecule has 2 aromatic carbocycles. The summed E-state index contributed by atoms with van der Waals surface area (Å²) in [5, 5.41) is 3.43. The van der Waals surface area contributed by atoms with E-state index in [-0.39, 0.29) is 23.8 Å². The molecule has 3 aromatic rings. The van der Waals surface area contributed by atoms with E-state index < -0.39 is 0 Å². The number of para-hydroxylation sites is 1. The Hall–Kier alpha value is -2.94. The number of imidazole rings is 1. The Morgan fingerprint density at radius 2 is 1.94 bits per heavy atom. The number of ether oxygens (including phenoxy) is 2. The highest BCUT2D eigenvalue weighted by molar-refractivity contribution is 5.86. The lowest BCUT2D eigenvalue weighted by Crippen LogP contribution is -2.52. The number of fused-ring (bicyclic) bond motifs is 2. The van der Waals surface area contributed by atoms with Gasteiger partial charge in [-0.2, -0.15) is 0 Å². The zero-order valence-electron chi connectivity index (χ0n) is 20.2. The molecule has 3 fully saturated rings. The molecule has 0 spiro atoms. The van der Waals surface area contributed by atoms with Crippen LogP contribution in [0.2, 0.25) is 0 Å². The van der Waals surface area contributed by atoms with Crippen LogP contribution >= 0.6 is 0 Å². The Labute approximate surface area is 205 Å². The zero-order valence-corrected chi connectivity index (χ0v) is 20.2. The average Bonchev–Trinajstić information content (AvgIpc) is 3.55. The Morgan fingerprint density at radius 3 is 2.77 bits per heavy atom. The fourth-order valence-electron chi connectivity index (χ4n) is 5.89. The van der Waals surface area contributed by atoms with Gasteiger partial charge in [-0.05, 0) is 37.1 Å². The summed E-state index contributed by atoms with van der Waals surface area (Å²) in [6.07, 6.45) is 2.93. The van der Waals surface area contributed by atoms with Crippen LogP contribution in [0.25, 0.3) is 11.0 Å². The number of nitrogens with zero attached hydrogens (tertiary/aromatic N) is 4. The summed E-state index contributed by atoms with van der Waals surface area (Å²) in [5.41, 5.74) is 3.10. The number of hydrogen-bond acceptors (Lipinski definition) is 6. The van der Waals surface area contributed by atoms with Gasteiger partial charge in [0.15, 0.2) is 5.75 Å². The number of nitrogens with one attached hydrogen (secondary N) is 1. The fourth-order valence-corrected chi connectivity index (χ4v) is 5.89. The third-order valence-electron chi connectivity index (χ3n) is 7.80. The van der Waals surface area contributed by atoms with Crippen LogP contribution in [0.5, 0.6) is 11.5 Å². The van der Waals surface area contributed by atoms with E-state index in [1.54, 1.807) is 0 Å². The molecule has 3 atom stereocenters. The average molecular weight is 476 g/mol. The second kappa shape index (κ2) is 9.60. The van der Waals surface area contributed by atoms with E-state index in [1.165, 1.54) is 0 Å². The summed E-state index contributed by atoms with van der Waals surface area (Å²) >= 11 is 0. The van der Waals surface area contributed by atoms with Crippen molar-refractivity contribution >= 4 is 16.9 Å². The second-order valence-electron chi connectivity index (χ2n) is 9.87. The van der Waals surface area contributed by atoms with Gasteiger partial charge in [0.05, 0.1) is 31.1 Å². The monoisotopic (exact) mass is 475 g/mol. The molecule has 6 rings (SSSR count). The maximum atomic E-state index is 12.8. The predicted molar refractivity (Wildman–Crippen MR) is 134 cm³/mol. The van der Waals surface area contributed by atoms with Gasteiger partial charge >= 0.3 is 0 Å². The Morgan fingerprint density at radius 1 is 1.11 bits per heavy atom. The summed E-state index contributed by atoms with van der Waals surface area (Å²) in [4.78, 5) is 21.9. The van der Waals surface area contributed by atoms with Crippen LogP contribution in [0, 0.1) is 5.92 Å². The van der Waals surface area contributed by atoms with Crippen LogP contribution in [0.3, 0.4) is 0 Å². The molecule has 0 aliphatic carbocycles. The summed E-state index contributed by atoms with van der Waals surface area (Å²) in [6.45, 7) is 6.96. The quantitative estimate of drug-likeness (QED) is 0.591. The third-order valence-corrected chi connectivity index (χ3v) is 7.80. The van der Waals surface area contributed by atoms with E-state index in [0.29, 0.717) is 6.54 Å². The lowest BCUT2D eigenvalue weighted by Gasteiger charge is -2.39. The van der Waals surface area contributed by atoms with Crippen LogP contribution in [0.1, 0.15) is 17.9 Å². The Balaban J connectivity index is 1.37. The minimum Gasteiger partial charge on any atom is -0.455 e. The van der Waals surface area contributed by atoms with Crippen molar-refractivity contribution < 1.29 is 14.3 Å². The molecule has 1 N–H and O–H groups in total. The van der Waals surface area contributed by atoms with E-state index in [4.69, 9.17) is 14.5 Å². The number of likely N-dealkylation sites (tertiary alicyclic amines) is 1. The van der Waals surface area contributed by atoms with Crippen molar-refractivity contribution in [3.63, 3.8) is 0 Å². The van der Waals surface area contributed by atoms with Crippen molar-refractivity contribution in [2.45, 2.75) is 24.9 Å². The molecule has 3 saturated heterocycles. The number of amides is 1. The first-order valence-corrected chi connectivity index (χ1v) is 12.7. The Bertz CT molecular complexity index is 1190. The maximum absolute atomic E-state index is 12.8. The number of likely N-dealkylation sites (N-methyl/N-ethyl adjacent to an activating group) is 1. The van der Waals surface area contributed by atoms with Gasteiger partial charge in [0.2, 0.25) is 5.91 Å². The van der Waals surface area contributed by atoms with Gasteiger partial charge in [-0.3, -0.25) is 9.69 Å². The highest BCUT2D eigenvalue weighted by Crippen LogP contribution is 2.44. The van der Waals surface area contributed by atoms with E-state index >= 15 is 0 Å². The van der Waals surface area contributed by atoms with Crippen molar-refractivity contribution in [3.8, 4) is 11.5 Å². The molecule has 0 bridgehead atoms. The van der Waals surface area contributed by atoms with E-state index in [2.05, 4.69) is 26.9 Å². The summed E-state index contributed by atoms with van der Waals surface area (Å²) in [6, 6.07) is 14.2. The van der Waals surface area contributed by atoms with Crippen molar-refractivity contribution in [1.82, 2.24) is 24.7 Å². The number of piperidine rings is 1.